The van der Waals surface area contributed by atoms with Gasteiger partial charge in [-0.3, -0.25) is 0 Å². The predicted octanol–water partition coefficient (Wildman–Crippen LogP) is 5.61. The van der Waals surface area contributed by atoms with E-state index in [2.05, 4.69) is 16.9 Å². The largest absolute Gasteiger partial charge is 0.505 e. The van der Waals surface area contributed by atoms with Crippen molar-refractivity contribution in [3.05, 3.63) is 36.7 Å². The lowest BCUT2D eigenvalue weighted by Gasteiger charge is -2.28. The Kier molecular flexibility index (Phi) is 6.87. The van der Waals surface area contributed by atoms with Crippen LogP contribution in [0.5, 0.6) is 11.5 Å². The number of rotatable bonds is 8. The van der Waals surface area contributed by atoms with Gasteiger partial charge < -0.3 is 9.84 Å². The summed E-state index contributed by atoms with van der Waals surface area (Å²) in [6, 6.07) is 7.88. The van der Waals surface area contributed by atoms with E-state index < -0.39 is 0 Å². The van der Waals surface area contributed by atoms with Gasteiger partial charge in [0.1, 0.15) is 5.75 Å². The Morgan fingerprint density at radius 2 is 1.62 bits per heavy atom. The highest BCUT2D eigenvalue weighted by Gasteiger charge is 2.21. The highest BCUT2D eigenvalue weighted by molar-refractivity contribution is 5.56. The average Bonchev–Trinajstić information content (AvgIpc) is 2.69. The highest BCUT2D eigenvalue weighted by Crippen LogP contribution is 2.32. The molecule has 0 radical (unpaired) electrons. The molecule has 26 heavy (non-hydrogen) atoms. The molecule has 0 aliphatic heterocycles. The van der Waals surface area contributed by atoms with Gasteiger partial charge in [-0.25, -0.2) is 9.97 Å². The smallest absolute Gasteiger partial charge is 0.159 e. The highest BCUT2D eigenvalue weighted by atomic mass is 16.5. The molecule has 1 N–H and O–H groups in total. The van der Waals surface area contributed by atoms with Crippen LogP contribution < -0.4 is 4.74 Å². The standard InChI is InChI=1S/C22H30N2O2/c1-2-3-4-5-17-6-8-18(9-7-17)16-26-21-12-10-19(11-13-21)22-23-14-20(25)15-24-22/h10-15,17-18,25H,2-9,16H2,1H3/t17-,18-. The van der Waals surface area contributed by atoms with Crippen molar-refractivity contribution >= 4 is 0 Å². The van der Waals surface area contributed by atoms with Crippen LogP contribution >= 0.6 is 0 Å². The third-order valence-corrected chi connectivity index (χ3v) is 5.42. The predicted molar refractivity (Wildman–Crippen MR) is 104 cm³/mol. The second-order valence-electron chi connectivity index (χ2n) is 7.48. The van der Waals surface area contributed by atoms with Crippen LogP contribution in [0.25, 0.3) is 11.4 Å². The van der Waals surface area contributed by atoms with Crippen LogP contribution in [-0.2, 0) is 0 Å². The van der Waals surface area contributed by atoms with E-state index in [9.17, 15) is 5.11 Å². The molecule has 3 rings (SSSR count). The molecular weight excluding hydrogens is 324 g/mol. The van der Waals surface area contributed by atoms with Gasteiger partial charge in [-0.1, -0.05) is 45.4 Å². The normalized spacial score (nSPS) is 20.0. The number of hydrogen-bond donors (Lipinski definition) is 1. The molecule has 0 bridgehead atoms. The second kappa shape index (κ2) is 9.56. The van der Waals surface area contributed by atoms with Gasteiger partial charge in [-0.2, -0.15) is 0 Å². The quantitative estimate of drug-likeness (QED) is 0.626. The number of aromatic hydroxyl groups is 1. The number of aromatic nitrogens is 2. The number of benzene rings is 1. The topological polar surface area (TPSA) is 55.2 Å². The summed E-state index contributed by atoms with van der Waals surface area (Å²) in [6.07, 6.45) is 13.7. The molecule has 0 saturated heterocycles. The molecule has 4 heteroatoms. The summed E-state index contributed by atoms with van der Waals surface area (Å²) in [7, 11) is 0. The zero-order valence-electron chi connectivity index (χ0n) is 15.7. The maximum atomic E-state index is 9.27. The molecule has 1 aliphatic carbocycles. The van der Waals surface area contributed by atoms with Crippen LogP contribution in [0.4, 0.5) is 0 Å². The lowest BCUT2D eigenvalue weighted by Crippen LogP contribution is -2.20. The van der Waals surface area contributed by atoms with Crippen LogP contribution in [0.3, 0.4) is 0 Å². The van der Waals surface area contributed by atoms with Crippen LogP contribution in [0, 0.1) is 11.8 Å². The minimum Gasteiger partial charge on any atom is -0.505 e. The molecule has 2 aromatic rings. The van der Waals surface area contributed by atoms with Crippen molar-refractivity contribution < 1.29 is 9.84 Å². The van der Waals surface area contributed by atoms with Gasteiger partial charge in [0.15, 0.2) is 11.6 Å². The number of nitrogens with zero attached hydrogens (tertiary/aromatic N) is 2. The van der Waals surface area contributed by atoms with Gasteiger partial charge in [-0.05, 0) is 48.9 Å². The molecule has 1 heterocycles. The molecule has 0 amide bonds. The maximum absolute atomic E-state index is 9.27. The second-order valence-corrected chi connectivity index (χ2v) is 7.48. The van der Waals surface area contributed by atoms with Crippen molar-refractivity contribution in [2.24, 2.45) is 11.8 Å². The maximum Gasteiger partial charge on any atom is 0.159 e. The number of hydrogen-bond acceptors (Lipinski definition) is 4. The molecule has 0 spiro atoms. The molecule has 4 nitrogen and oxygen atoms in total. The summed E-state index contributed by atoms with van der Waals surface area (Å²) in [6.45, 7) is 3.09. The minimum atomic E-state index is 0.0776. The Labute approximate surface area is 156 Å². The Morgan fingerprint density at radius 3 is 2.27 bits per heavy atom. The summed E-state index contributed by atoms with van der Waals surface area (Å²) in [4.78, 5) is 8.26. The third kappa shape index (κ3) is 5.45. The molecule has 1 fully saturated rings. The summed E-state index contributed by atoms with van der Waals surface area (Å²) >= 11 is 0. The van der Waals surface area contributed by atoms with Gasteiger partial charge in [0.05, 0.1) is 19.0 Å². The fourth-order valence-electron chi connectivity index (χ4n) is 3.75. The van der Waals surface area contributed by atoms with Crippen molar-refractivity contribution in [1.29, 1.82) is 0 Å². The van der Waals surface area contributed by atoms with E-state index in [4.69, 9.17) is 4.74 Å². The first kappa shape index (κ1) is 18.7. The van der Waals surface area contributed by atoms with E-state index >= 15 is 0 Å². The molecule has 0 unspecified atom stereocenters. The van der Waals surface area contributed by atoms with E-state index in [0.29, 0.717) is 11.7 Å². The van der Waals surface area contributed by atoms with E-state index in [1.165, 1.54) is 63.8 Å². The summed E-state index contributed by atoms with van der Waals surface area (Å²) in [5, 5.41) is 9.27. The molecule has 1 aromatic heterocycles. The van der Waals surface area contributed by atoms with Crippen molar-refractivity contribution in [3.8, 4) is 22.9 Å². The van der Waals surface area contributed by atoms with E-state index in [0.717, 1.165) is 23.8 Å². The van der Waals surface area contributed by atoms with Gasteiger partial charge in [0.2, 0.25) is 0 Å². The first-order valence-electron chi connectivity index (χ1n) is 9.99. The zero-order valence-corrected chi connectivity index (χ0v) is 15.7. The average molecular weight is 354 g/mol. The Balaban J connectivity index is 1.42. The fourth-order valence-corrected chi connectivity index (χ4v) is 3.75. The summed E-state index contributed by atoms with van der Waals surface area (Å²) in [5.74, 6) is 3.22. The van der Waals surface area contributed by atoms with Crippen LogP contribution in [0.2, 0.25) is 0 Å². The van der Waals surface area contributed by atoms with Gasteiger partial charge in [0, 0.05) is 5.56 Å². The minimum absolute atomic E-state index is 0.0776. The lowest BCUT2D eigenvalue weighted by molar-refractivity contribution is 0.177. The Morgan fingerprint density at radius 1 is 0.962 bits per heavy atom. The zero-order chi connectivity index (χ0) is 18.2. The first-order valence-corrected chi connectivity index (χ1v) is 9.99. The van der Waals surface area contributed by atoms with E-state index in [1.807, 2.05) is 24.3 Å². The summed E-state index contributed by atoms with van der Waals surface area (Å²) < 4.78 is 6.01. The van der Waals surface area contributed by atoms with E-state index in [-0.39, 0.29) is 5.75 Å². The van der Waals surface area contributed by atoms with Gasteiger partial charge in [0.25, 0.3) is 0 Å². The van der Waals surface area contributed by atoms with Crippen LogP contribution in [0.1, 0.15) is 58.3 Å². The molecule has 0 atom stereocenters. The monoisotopic (exact) mass is 354 g/mol. The Hall–Kier alpha value is -2.10. The van der Waals surface area contributed by atoms with Crippen molar-refractivity contribution in [2.75, 3.05) is 6.61 Å². The van der Waals surface area contributed by atoms with Gasteiger partial charge >= 0.3 is 0 Å². The summed E-state index contributed by atoms with van der Waals surface area (Å²) in [5.41, 5.74) is 0.921. The van der Waals surface area contributed by atoms with Crippen molar-refractivity contribution in [3.63, 3.8) is 0 Å². The number of ether oxygens (including phenoxy) is 1. The number of unbranched alkanes of at least 4 members (excludes halogenated alkanes) is 2. The molecule has 140 valence electrons. The van der Waals surface area contributed by atoms with Crippen molar-refractivity contribution in [2.45, 2.75) is 58.3 Å². The fraction of sp³-hybridized carbons (Fsp3) is 0.545. The van der Waals surface area contributed by atoms with Crippen molar-refractivity contribution in [1.82, 2.24) is 9.97 Å². The van der Waals surface area contributed by atoms with Crippen LogP contribution in [0.15, 0.2) is 36.7 Å². The third-order valence-electron chi connectivity index (χ3n) is 5.42. The molecular formula is C22H30N2O2. The van der Waals surface area contributed by atoms with Gasteiger partial charge in [-0.15, -0.1) is 0 Å². The van der Waals surface area contributed by atoms with Crippen LogP contribution in [-0.4, -0.2) is 21.7 Å². The molecule has 1 aromatic carbocycles. The SMILES string of the molecule is CCCCC[C@H]1CC[C@H](COc2ccc(-c3ncc(O)cn3)cc2)CC1. The first-order chi connectivity index (χ1) is 12.7. The molecule has 1 saturated carbocycles. The lowest BCUT2D eigenvalue weighted by atomic mass is 9.80. The Bertz CT molecular complexity index is 647. The molecule has 1 aliphatic rings. The van der Waals surface area contributed by atoms with E-state index in [1.54, 1.807) is 0 Å².